The van der Waals surface area contributed by atoms with Gasteiger partial charge in [-0.1, -0.05) is 42.0 Å². The third-order valence-electron chi connectivity index (χ3n) is 5.91. The van der Waals surface area contributed by atoms with Crippen LogP contribution < -0.4 is 4.74 Å². The number of ketones is 1. The second kappa shape index (κ2) is 6.84. The number of Topliss-reactive ketones (excluding diaryl/α,β-unsaturated/α-hetero) is 1. The van der Waals surface area contributed by atoms with Gasteiger partial charge in [0.25, 0.3) is 0 Å². The quantitative estimate of drug-likeness (QED) is 0.844. The molecule has 1 unspecified atom stereocenters. The third-order valence-corrected chi connectivity index (χ3v) is 5.91. The fourth-order valence-electron chi connectivity index (χ4n) is 4.57. The van der Waals surface area contributed by atoms with Gasteiger partial charge in [-0.2, -0.15) is 0 Å². The average Bonchev–Trinajstić information content (AvgIpc) is 3.19. The number of hydrogen-bond donors (Lipinski definition) is 1. The van der Waals surface area contributed by atoms with Crippen LogP contribution in [0.4, 0.5) is 0 Å². The smallest absolute Gasteiger partial charge is 0.304 e. The Morgan fingerprint density at radius 1 is 1.11 bits per heavy atom. The summed E-state index contributed by atoms with van der Waals surface area (Å²) in [5, 5.41) is 9.41. The minimum Gasteiger partial charge on any atom is -0.490 e. The highest BCUT2D eigenvalue weighted by molar-refractivity contribution is 5.90. The van der Waals surface area contributed by atoms with Crippen LogP contribution in [0.2, 0.25) is 0 Å². The first-order chi connectivity index (χ1) is 12.9. The molecule has 1 heterocycles. The molecule has 2 aromatic carbocycles. The molecule has 27 heavy (non-hydrogen) atoms. The van der Waals surface area contributed by atoms with Crippen molar-refractivity contribution in [3.8, 4) is 5.75 Å². The number of aliphatic carboxylic acids is 1. The molecular weight excluding hydrogens is 340 g/mol. The van der Waals surface area contributed by atoms with Crippen molar-refractivity contribution in [2.75, 3.05) is 0 Å². The molecule has 140 valence electrons. The monoisotopic (exact) mass is 364 g/mol. The van der Waals surface area contributed by atoms with E-state index in [-0.39, 0.29) is 18.3 Å². The summed E-state index contributed by atoms with van der Waals surface area (Å²) in [6.45, 7) is 2.06. The molecule has 2 aliphatic rings. The maximum atomic E-state index is 13.1. The zero-order valence-corrected chi connectivity index (χ0v) is 15.5. The zero-order valence-electron chi connectivity index (χ0n) is 15.5. The van der Waals surface area contributed by atoms with Gasteiger partial charge in [-0.15, -0.1) is 0 Å². The van der Waals surface area contributed by atoms with E-state index in [9.17, 15) is 14.7 Å². The lowest BCUT2D eigenvalue weighted by molar-refractivity contribution is -0.144. The molecule has 0 fully saturated rings. The Morgan fingerprint density at radius 3 is 2.48 bits per heavy atom. The van der Waals surface area contributed by atoms with Crippen molar-refractivity contribution in [2.45, 2.75) is 51.6 Å². The van der Waals surface area contributed by atoms with Crippen molar-refractivity contribution in [1.29, 1.82) is 0 Å². The maximum absolute atomic E-state index is 13.1. The Labute approximate surface area is 159 Å². The van der Waals surface area contributed by atoms with E-state index in [0.717, 1.165) is 23.3 Å². The van der Waals surface area contributed by atoms with Gasteiger partial charge >= 0.3 is 5.97 Å². The molecule has 0 amide bonds. The first-order valence-electron chi connectivity index (χ1n) is 9.53. The van der Waals surface area contributed by atoms with Crippen LogP contribution in [0.5, 0.6) is 5.75 Å². The Kier molecular flexibility index (Phi) is 4.50. The average molecular weight is 364 g/mol. The lowest BCUT2D eigenvalue weighted by Crippen LogP contribution is -2.35. The topological polar surface area (TPSA) is 63.6 Å². The largest absolute Gasteiger partial charge is 0.490 e. The first kappa shape index (κ1) is 17.8. The van der Waals surface area contributed by atoms with Crippen molar-refractivity contribution >= 4 is 11.8 Å². The van der Waals surface area contributed by atoms with Crippen molar-refractivity contribution in [3.05, 3.63) is 64.7 Å². The van der Waals surface area contributed by atoms with Crippen LogP contribution >= 0.6 is 0 Å². The summed E-state index contributed by atoms with van der Waals surface area (Å²) in [6, 6.07) is 14.1. The molecule has 4 nitrogen and oxygen atoms in total. The van der Waals surface area contributed by atoms with Crippen LogP contribution in [0.25, 0.3) is 0 Å². The van der Waals surface area contributed by atoms with E-state index in [1.807, 2.05) is 36.4 Å². The molecule has 0 spiro atoms. The molecule has 1 aliphatic heterocycles. The number of ether oxygens (including phenoxy) is 1. The molecule has 0 bridgehead atoms. The number of carbonyl (C=O) groups is 2. The van der Waals surface area contributed by atoms with Gasteiger partial charge in [0, 0.05) is 18.3 Å². The van der Waals surface area contributed by atoms with E-state index in [2.05, 4.69) is 13.0 Å². The van der Waals surface area contributed by atoms with Gasteiger partial charge in [0.1, 0.15) is 17.6 Å². The number of carbonyl (C=O) groups excluding carboxylic acids is 1. The molecule has 1 aliphatic carbocycles. The van der Waals surface area contributed by atoms with E-state index < -0.39 is 11.4 Å². The van der Waals surface area contributed by atoms with Crippen molar-refractivity contribution in [2.24, 2.45) is 5.41 Å². The van der Waals surface area contributed by atoms with Crippen LogP contribution in [-0.4, -0.2) is 23.0 Å². The van der Waals surface area contributed by atoms with Crippen molar-refractivity contribution in [1.82, 2.24) is 0 Å². The highest BCUT2D eigenvalue weighted by atomic mass is 16.5. The van der Waals surface area contributed by atoms with E-state index in [1.54, 1.807) is 0 Å². The normalized spacial score (nSPS) is 19.2. The highest BCUT2D eigenvalue weighted by Crippen LogP contribution is 2.42. The van der Waals surface area contributed by atoms with Gasteiger partial charge in [0.05, 0.1) is 6.42 Å². The number of carboxylic acids is 1. The van der Waals surface area contributed by atoms with E-state index in [4.69, 9.17) is 4.74 Å². The third kappa shape index (κ3) is 3.48. The van der Waals surface area contributed by atoms with Crippen LogP contribution in [0.3, 0.4) is 0 Å². The number of benzene rings is 2. The van der Waals surface area contributed by atoms with E-state index >= 15 is 0 Å². The Balaban J connectivity index is 1.44. The minimum atomic E-state index is -0.906. The van der Waals surface area contributed by atoms with Gasteiger partial charge in [-0.3, -0.25) is 9.59 Å². The maximum Gasteiger partial charge on any atom is 0.304 e. The fourth-order valence-corrected chi connectivity index (χ4v) is 4.57. The predicted octanol–water partition coefficient (Wildman–Crippen LogP) is 3.91. The summed E-state index contributed by atoms with van der Waals surface area (Å²) in [7, 11) is 0. The van der Waals surface area contributed by atoms with Crippen LogP contribution in [0.1, 0.15) is 41.5 Å². The lowest BCUT2D eigenvalue weighted by atomic mass is 9.75. The minimum absolute atomic E-state index is 0.00333. The predicted molar refractivity (Wildman–Crippen MR) is 102 cm³/mol. The summed E-state index contributed by atoms with van der Waals surface area (Å²) < 4.78 is 5.98. The second-order valence-electron chi connectivity index (χ2n) is 7.99. The molecular formula is C23H24O4. The fraction of sp³-hybridized carbons (Fsp3) is 0.391. The Bertz CT molecular complexity index is 874. The summed E-state index contributed by atoms with van der Waals surface area (Å²) in [5.41, 5.74) is 3.80. The second-order valence-corrected chi connectivity index (χ2v) is 7.99. The van der Waals surface area contributed by atoms with Gasteiger partial charge < -0.3 is 9.84 Å². The first-order valence-corrected chi connectivity index (χ1v) is 9.53. The van der Waals surface area contributed by atoms with Gasteiger partial charge in [0.15, 0.2) is 0 Å². The summed E-state index contributed by atoms with van der Waals surface area (Å²) in [6.07, 6.45) is 2.75. The Hall–Kier alpha value is -2.62. The number of carboxylic acid groups (broad SMARTS) is 1. The SMILES string of the molecule is Cc1ccc2c(c1)CC(CCC(=O)C1(CC(=O)O)Cc3ccccc3C1)O2. The molecule has 4 rings (SSSR count). The zero-order chi connectivity index (χ0) is 19.0. The molecule has 0 radical (unpaired) electrons. The van der Waals surface area contributed by atoms with Crippen molar-refractivity contribution in [3.63, 3.8) is 0 Å². The van der Waals surface area contributed by atoms with Crippen LogP contribution in [-0.2, 0) is 28.9 Å². The van der Waals surface area contributed by atoms with Gasteiger partial charge in [-0.25, -0.2) is 0 Å². The molecule has 2 aromatic rings. The molecule has 1 N–H and O–H groups in total. The number of fused-ring (bicyclic) bond motifs is 2. The van der Waals surface area contributed by atoms with Gasteiger partial charge in [-0.05, 0) is 48.9 Å². The Morgan fingerprint density at radius 2 is 1.81 bits per heavy atom. The van der Waals surface area contributed by atoms with E-state index in [0.29, 0.717) is 25.7 Å². The molecule has 0 saturated heterocycles. The summed E-state index contributed by atoms with van der Waals surface area (Å²) >= 11 is 0. The van der Waals surface area contributed by atoms with Crippen molar-refractivity contribution < 1.29 is 19.4 Å². The molecule has 0 aromatic heterocycles. The number of aryl methyl sites for hydroxylation is 1. The standard InChI is InChI=1S/C23H24O4/c1-15-6-8-20-18(10-15)11-19(27-20)7-9-21(24)23(14-22(25)26)12-16-4-2-3-5-17(16)13-23/h2-6,8,10,19H,7,9,11-14H2,1H3,(H,25,26). The molecule has 0 saturated carbocycles. The number of rotatable bonds is 6. The summed E-state index contributed by atoms with van der Waals surface area (Å²) in [4.78, 5) is 24.6. The van der Waals surface area contributed by atoms with Gasteiger partial charge in [0.2, 0.25) is 0 Å². The lowest BCUT2D eigenvalue weighted by Gasteiger charge is -2.26. The highest BCUT2D eigenvalue weighted by Gasteiger charge is 2.44. The number of hydrogen-bond acceptors (Lipinski definition) is 3. The van der Waals surface area contributed by atoms with Crippen LogP contribution in [0, 0.1) is 12.3 Å². The summed E-state index contributed by atoms with van der Waals surface area (Å²) in [5.74, 6) is 0.0551. The van der Waals surface area contributed by atoms with Crippen LogP contribution in [0.15, 0.2) is 42.5 Å². The van der Waals surface area contributed by atoms with E-state index in [1.165, 1.54) is 11.1 Å². The molecule has 4 heteroatoms. The molecule has 1 atom stereocenters.